The molecule has 0 aliphatic carbocycles. The van der Waals surface area contributed by atoms with E-state index in [0.717, 1.165) is 60.2 Å². The molecule has 214 valence electrons. The fraction of sp³-hybridized carbons (Fsp3) is 0.294. The zero-order valence-electron chi connectivity index (χ0n) is 24.0. The van der Waals surface area contributed by atoms with Crippen molar-refractivity contribution in [1.29, 1.82) is 0 Å². The van der Waals surface area contributed by atoms with Gasteiger partial charge in [-0.3, -0.25) is 14.2 Å². The smallest absolute Gasteiger partial charge is 0.281 e. The molecular weight excluding hydrogens is 544 g/mol. The van der Waals surface area contributed by atoms with Gasteiger partial charge in [0, 0.05) is 18.5 Å². The molecule has 42 heavy (non-hydrogen) atoms. The first-order valence-electron chi connectivity index (χ1n) is 14.5. The summed E-state index contributed by atoms with van der Waals surface area (Å²) in [6, 6.07) is 25.7. The number of methoxy groups -OCH3 is 1. The first-order chi connectivity index (χ1) is 20.6. The number of Topliss-reactive ketones (excluding diaryl/α,β-unsaturated/α-hetero) is 1. The fourth-order valence-corrected chi connectivity index (χ4v) is 6.75. The Morgan fingerprint density at radius 3 is 2.50 bits per heavy atom. The third-order valence-electron chi connectivity index (χ3n) is 8.02. The second-order valence-corrected chi connectivity index (χ2v) is 11.6. The summed E-state index contributed by atoms with van der Waals surface area (Å²) in [5.74, 6) is 1.62. The monoisotopic (exact) mass is 578 g/mol. The molecule has 2 aromatic heterocycles. The molecule has 1 aliphatic heterocycles. The molecule has 0 radical (unpaired) electrons. The summed E-state index contributed by atoms with van der Waals surface area (Å²) < 4.78 is 7.05. The van der Waals surface area contributed by atoms with Crippen LogP contribution in [0.2, 0.25) is 0 Å². The van der Waals surface area contributed by atoms with Gasteiger partial charge in [0.2, 0.25) is 0 Å². The number of aryl methyl sites for hydroxylation is 2. The summed E-state index contributed by atoms with van der Waals surface area (Å²) in [4.78, 5) is 40.0. The molecule has 0 unspecified atom stereocenters. The van der Waals surface area contributed by atoms with Gasteiger partial charge >= 0.3 is 0 Å². The minimum absolute atomic E-state index is 0.176. The molecule has 1 aliphatic rings. The van der Waals surface area contributed by atoms with Crippen LogP contribution in [0.4, 0.5) is 5.13 Å². The Balaban J connectivity index is 1.37. The maximum Gasteiger partial charge on any atom is 0.281 e. The molecule has 0 spiro atoms. The molecule has 0 amide bonds. The van der Waals surface area contributed by atoms with Crippen molar-refractivity contribution in [2.24, 2.45) is 0 Å². The summed E-state index contributed by atoms with van der Waals surface area (Å²) in [5, 5.41) is 0.696. The van der Waals surface area contributed by atoms with Gasteiger partial charge in [0.05, 0.1) is 19.7 Å². The molecule has 0 N–H and O–H groups in total. The number of hydrogen-bond donors (Lipinski definition) is 0. The minimum atomic E-state index is -0.226. The van der Waals surface area contributed by atoms with Gasteiger partial charge < -0.3 is 9.64 Å². The number of hydrogen-bond acceptors (Lipinski definition) is 7. The van der Waals surface area contributed by atoms with Gasteiger partial charge in [-0.05, 0) is 54.5 Å². The number of anilines is 1. The lowest BCUT2D eigenvalue weighted by molar-refractivity contribution is -0.120. The van der Waals surface area contributed by atoms with Crippen molar-refractivity contribution < 1.29 is 9.53 Å². The van der Waals surface area contributed by atoms with E-state index in [9.17, 15) is 9.59 Å². The van der Waals surface area contributed by atoms with Gasteiger partial charge in [0.1, 0.15) is 11.6 Å². The maximum absolute atomic E-state index is 14.1. The number of benzene rings is 3. The lowest BCUT2D eigenvalue weighted by Gasteiger charge is -2.22. The van der Waals surface area contributed by atoms with Crippen LogP contribution < -0.4 is 15.2 Å². The van der Waals surface area contributed by atoms with E-state index in [1.807, 2.05) is 60.7 Å². The van der Waals surface area contributed by atoms with Crippen LogP contribution >= 0.6 is 11.3 Å². The third-order valence-corrected chi connectivity index (χ3v) is 9.01. The molecule has 3 heterocycles. The van der Waals surface area contributed by atoms with Crippen LogP contribution in [0.1, 0.15) is 42.9 Å². The van der Waals surface area contributed by atoms with Gasteiger partial charge in [-0.1, -0.05) is 85.0 Å². The zero-order chi connectivity index (χ0) is 29.1. The highest BCUT2D eigenvalue weighted by molar-refractivity contribution is 7.21. The Kier molecular flexibility index (Phi) is 8.15. The van der Waals surface area contributed by atoms with Crippen molar-refractivity contribution in [2.75, 3.05) is 18.6 Å². The molecular formula is C34H34N4O3S. The molecule has 0 saturated carbocycles. The highest BCUT2D eigenvalue weighted by Crippen LogP contribution is 2.34. The summed E-state index contributed by atoms with van der Waals surface area (Å²) in [5.41, 5.74) is 4.37. The predicted molar refractivity (Wildman–Crippen MR) is 169 cm³/mol. The van der Waals surface area contributed by atoms with Gasteiger partial charge in [0.25, 0.3) is 5.56 Å². The number of ketones is 1. The number of carbonyl (C=O) groups is 1. The van der Waals surface area contributed by atoms with Crippen molar-refractivity contribution >= 4 is 32.6 Å². The van der Waals surface area contributed by atoms with E-state index in [-0.39, 0.29) is 17.4 Å². The van der Waals surface area contributed by atoms with Crippen LogP contribution in [-0.4, -0.2) is 40.0 Å². The summed E-state index contributed by atoms with van der Waals surface area (Å²) in [6.45, 7) is 3.21. The Morgan fingerprint density at radius 1 is 0.976 bits per heavy atom. The van der Waals surface area contributed by atoms with E-state index in [0.29, 0.717) is 34.3 Å². The van der Waals surface area contributed by atoms with Gasteiger partial charge in [-0.2, -0.15) is 0 Å². The molecule has 1 atom stereocenters. The maximum atomic E-state index is 14.1. The van der Waals surface area contributed by atoms with E-state index < -0.39 is 0 Å². The van der Waals surface area contributed by atoms with Crippen molar-refractivity contribution in [1.82, 2.24) is 14.5 Å². The molecule has 0 bridgehead atoms. The predicted octanol–water partition coefficient (Wildman–Crippen LogP) is 6.31. The van der Waals surface area contributed by atoms with Crippen molar-refractivity contribution in [3.63, 3.8) is 0 Å². The number of carbonyl (C=O) groups excluding carboxylic acids is 1. The van der Waals surface area contributed by atoms with E-state index >= 15 is 0 Å². The van der Waals surface area contributed by atoms with Gasteiger partial charge in [-0.15, -0.1) is 0 Å². The van der Waals surface area contributed by atoms with Gasteiger partial charge in [-0.25, -0.2) is 9.97 Å². The Morgan fingerprint density at radius 2 is 1.74 bits per heavy atom. The molecule has 5 aromatic rings. The van der Waals surface area contributed by atoms with Crippen LogP contribution in [0.5, 0.6) is 5.75 Å². The van der Waals surface area contributed by atoms with Crippen LogP contribution in [-0.2, 0) is 24.2 Å². The average Bonchev–Trinajstić information content (AvgIpc) is 3.70. The SMILES string of the molecule is CCc1ccccc1-c1nc2sc(N3CCC[C@@H]3C(=O)CCc3ccccc3)nc2c(=O)n1Cc1ccc(OC)cc1. The minimum Gasteiger partial charge on any atom is -0.497 e. The van der Waals surface area contributed by atoms with Crippen molar-refractivity contribution in [3.8, 4) is 17.1 Å². The topological polar surface area (TPSA) is 77.3 Å². The Hall–Kier alpha value is -4.30. The second kappa shape index (κ2) is 12.3. The normalized spacial score (nSPS) is 14.9. The molecule has 1 fully saturated rings. The molecule has 7 nitrogen and oxygen atoms in total. The fourth-order valence-electron chi connectivity index (χ4n) is 5.74. The second-order valence-electron chi connectivity index (χ2n) is 10.6. The molecule has 1 saturated heterocycles. The number of rotatable bonds is 10. The molecule has 3 aromatic carbocycles. The number of ether oxygens (including phenoxy) is 1. The van der Waals surface area contributed by atoms with E-state index in [1.165, 1.54) is 11.3 Å². The van der Waals surface area contributed by atoms with Crippen LogP contribution in [0.3, 0.4) is 0 Å². The largest absolute Gasteiger partial charge is 0.497 e. The Labute approximate surface area is 249 Å². The number of thiazole rings is 1. The number of aromatic nitrogens is 3. The van der Waals surface area contributed by atoms with Crippen molar-refractivity contribution in [3.05, 3.63) is 106 Å². The van der Waals surface area contributed by atoms with Crippen LogP contribution in [0.25, 0.3) is 21.7 Å². The third kappa shape index (κ3) is 5.59. The van der Waals surface area contributed by atoms with Gasteiger partial charge in [0.15, 0.2) is 21.3 Å². The zero-order valence-corrected chi connectivity index (χ0v) is 24.8. The quantitative estimate of drug-likeness (QED) is 0.193. The van der Waals surface area contributed by atoms with E-state index in [4.69, 9.17) is 14.7 Å². The lowest BCUT2D eigenvalue weighted by atomic mass is 10.0. The first-order valence-corrected chi connectivity index (χ1v) is 15.3. The van der Waals surface area contributed by atoms with Crippen LogP contribution in [0.15, 0.2) is 83.7 Å². The first kappa shape index (κ1) is 27.8. The molecule has 8 heteroatoms. The summed E-state index contributed by atoms with van der Waals surface area (Å²) in [7, 11) is 1.64. The molecule has 6 rings (SSSR count). The van der Waals surface area contributed by atoms with E-state index in [1.54, 1.807) is 11.7 Å². The highest BCUT2D eigenvalue weighted by Gasteiger charge is 2.33. The lowest BCUT2D eigenvalue weighted by Crippen LogP contribution is -2.36. The average molecular weight is 579 g/mol. The van der Waals surface area contributed by atoms with Crippen molar-refractivity contribution in [2.45, 2.75) is 51.6 Å². The Bertz CT molecular complexity index is 1760. The summed E-state index contributed by atoms with van der Waals surface area (Å²) in [6.07, 6.45) is 3.75. The standard InChI is InChI=1S/C34H34N4O3S/c1-3-25-12-7-8-13-27(25)31-36-32-30(33(40)38(31)22-24-15-18-26(41-2)19-16-24)35-34(42-32)37-21-9-14-28(37)29(39)20-17-23-10-5-4-6-11-23/h4-8,10-13,15-16,18-19,28H,3,9,14,17,20-22H2,1-2H3/t28-/m1/s1. The highest BCUT2D eigenvalue weighted by atomic mass is 32.1. The number of nitrogens with zero attached hydrogens (tertiary/aromatic N) is 4. The number of fused-ring (bicyclic) bond motifs is 1. The summed E-state index contributed by atoms with van der Waals surface area (Å²) >= 11 is 1.41. The van der Waals surface area contributed by atoms with E-state index in [2.05, 4.69) is 30.0 Å². The van der Waals surface area contributed by atoms with Crippen LogP contribution in [0, 0.1) is 0 Å².